The number of epoxide rings is 2. The van der Waals surface area contributed by atoms with Crippen molar-refractivity contribution in [3.05, 3.63) is 25.3 Å². The zero-order valence-electron chi connectivity index (χ0n) is 10.1. The highest BCUT2D eigenvalue weighted by Gasteiger charge is 2.22. The van der Waals surface area contributed by atoms with E-state index in [1.54, 1.807) is 12.2 Å². The van der Waals surface area contributed by atoms with E-state index < -0.39 is 0 Å². The monoisotopic (exact) mass is 246 g/mol. The molecule has 0 aliphatic carbocycles. The lowest BCUT2D eigenvalue weighted by atomic mass is 10.5. The van der Waals surface area contributed by atoms with Crippen LogP contribution in [0.15, 0.2) is 25.3 Å². The van der Waals surface area contributed by atoms with E-state index in [0.29, 0.717) is 25.4 Å². The fraction of sp³-hybridized carbons (Fsp3) is 0.667. The van der Waals surface area contributed by atoms with E-state index in [2.05, 4.69) is 13.2 Å². The average Bonchev–Trinajstić information content (AvgIpc) is 3.15. The molecule has 5 nitrogen and oxygen atoms in total. The summed E-state index contributed by atoms with van der Waals surface area (Å²) in [5.41, 5.74) is 0. The Kier molecular flexibility index (Phi) is 9.99. The van der Waals surface area contributed by atoms with Crippen LogP contribution in [-0.2, 0) is 18.9 Å². The Morgan fingerprint density at radius 2 is 1.29 bits per heavy atom. The summed E-state index contributed by atoms with van der Waals surface area (Å²) in [4.78, 5) is 0. The molecule has 2 fully saturated rings. The van der Waals surface area contributed by atoms with Gasteiger partial charge in [-0.2, -0.15) is 0 Å². The zero-order chi connectivity index (χ0) is 11.6. The second-order valence-electron chi connectivity index (χ2n) is 3.56. The summed E-state index contributed by atoms with van der Waals surface area (Å²) in [5, 5.41) is 0. The predicted molar refractivity (Wildman–Crippen MR) is 65.1 cm³/mol. The minimum absolute atomic E-state index is 0. The van der Waals surface area contributed by atoms with Crippen molar-refractivity contribution in [2.45, 2.75) is 12.2 Å². The SMILES string of the molecule is C=CCOCC1CO1.C=CCOCC1CO1.O. The van der Waals surface area contributed by atoms with Gasteiger partial charge in [-0.15, -0.1) is 13.2 Å². The fourth-order valence-corrected chi connectivity index (χ4v) is 0.894. The van der Waals surface area contributed by atoms with Gasteiger partial charge < -0.3 is 24.4 Å². The molecular formula is C12H22O5. The van der Waals surface area contributed by atoms with Gasteiger partial charge in [0.1, 0.15) is 12.2 Å². The largest absolute Gasteiger partial charge is 0.412 e. The third-order valence-corrected chi connectivity index (χ3v) is 1.88. The molecule has 2 unspecified atom stereocenters. The Balaban J connectivity index is 0.000000284. The van der Waals surface area contributed by atoms with Crippen LogP contribution in [0.3, 0.4) is 0 Å². The van der Waals surface area contributed by atoms with Gasteiger partial charge >= 0.3 is 0 Å². The molecule has 0 spiro atoms. The molecule has 0 aromatic rings. The van der Waals surface area contributed by atoms with Crippen LogP contribution in [0.4, 0.5) is 0 Å². The summed E-state index contributed by atoms with van der Waals surface area (Å²) in [6, 6.07) is 0. The van der Waals surface area contributed by atoms with Crippen LogP contribution in [0.5, 0.6) is 0 Å². The molecule has 0 saturated carbocycles. The van der Waals surface area contributed by atoms with E-state index in [-0.39, 0.29) is 5.48 Å². The molecule has 2 N–H and O–H groups in total. The highest BCUT2D eigenvalue weighted by molar-refractivity contribution is 4.70. The van der Waals surface area contributed by atoms with E-state index in [4.69, 9.17) is 18.9 Å². The minimum Gasteiger partial charge on any atom is -0.412 e. The van der Waals surface area contributed by atoms with Crippen LogP contribution < -0.4 is 0 Å². The quantitative estimate of drug-likeness (QED) is 0.352. The Labute approximate surface area is 102 Å². The molecule has 2 saturated heterocycles. The first-order valence-electron chi connectivity index (χ1n) is 5.47. The molecule has 0 radical (unpaired) electrons. The number of rotatable bonds is 8. The van der Waals surface area contributed by atoms with Crippen LogP contribution in [0.2, 0.25) is 0 Å². The van der Waals surface area contributed by atoms with E-state index in [1.165, 1.54) is 0 Å². The molecule has 17 heavy (non-hydrogen) atoms. The highest BCUT2D eigenvalue weighted by Crippen LogP contribution is 2.08. The molecule has 100 valence electrons. The molecule has 5 heteroatoms. The van der Waals surface area contributed by atoms with Gasteiger partial charge in [0.25, 0.3) is 0 Å². The van der Waals surface area contributed by atoms with Crippen molar-refractivity contribution in [2.75, 3.05) is 39.6 Å². The van der Waals surface area contributed by atoms with E-state index in [0.717, 1.165) is 26.4 Å². The molecule has 0 bridgehead atoms. The topological polar surface area (TPSA) is 75.0 Å². The van der Waals surface area contributed by atoms with Crippen LogP contribution in [0, 0.1) is 0 Å². The standard InChI is InChI=1S/2C6H10O2.H2O/c2*1-2-3-7-4-6-5-8-6;/h2*2,6H,1,3-5H2;1H2. The van der Waals surface area contributed by atoms with Crippen LogP contribution >= 0.6 is 0 Å². The van der Waals surface area contributed by atoms with Gasteiger partial charge in [-0.25, -0.2) is 0 Å². The van der Waals surface area contributed by atoms with Crippen LogP contribution in [0.1, 0.15) is 0 Å². The van der Waals surface area contributed by atoms with Crippen LogP contribution in [-0.4, -0.2) is 57.3 Å². The van der Waals surface area contributed by atoms with Crippen LogP contribution in [0.25, 0.3) is 0 Å². The van der Waals surface area contributed by atoms with Gasteiger partial charge in [0.2, 0.25) is 0 Å². The van der Waals surface area contributed by atoms with Crippen molar-refractivity contribution in [3.8, 4) is 0 Å². The zero-order valence-corrected chi connectivity index (χ0v) is 10.1. The Morgan fingerprint density at radius 1 is 0.941 bits per heavy atom. The van der Waals surface area contributed by atoms with E-state index >= 15 is 0 Å². The minimum atomic E-state index is 0. The first-order chi connectivity index (χ1) is 7.86. The predicted octanol–water partition coefficient (Wildman–Crippen LogP) is 0.351. The Morgan fingerprint density at radius 3 is 1.53 bits per heavy atom. The van der Waals surface area contributed by atoms with Crippen molar-refractivity contribution >= 4 is 0 Å². The third kappa shape index (κ3) is 11.5. The molecule has 0 aromatic heterocycles. The molecule has 2 atom stereocenters. The smallest absolute Gasteiger partial charge is 0.104 e. The first kappa shape index (κ1) is 16.3. The normalized spacial score (nSPS) is 23.8. The molecule has 0 amide bonds. The average molecular weight is 246 g/mol. The van der Waals surface area contributed by atoms with Crippen molar-refractivity contribution in [2.24, 2.45) is 0 Å². The Bertz CT molecular complexity index is 177. The van der Waals surface area contributed by atoms with E-state index in [1.807, 2.05) is 0 Å². The maximum atomic E-state index is 5.06. The maximum absolute atomic E-state index is 5.06. The number of hydrogen-bond donors (Lipinski definition) is 0. The molecule has 2 aliphatic heterocycles. The molecule has 2 rings (SSSR count). The maximum Gasteiger partial charge on any atom is 0.104 e. The molecular weight excluding hydrogens is 224 g/mol. The lowest BCUT2D eigenvalue weighted by molar-refractivity contribution is 0.141. The second-order valence-corrected chi connectivity index (χ2v) is 3.56. The summed E-state index contributed by atoms with van der Waals surface area (Å²) < 4.78 is 19.9. The van der Waals surface area contributed by atoms with Gasteiger partial charge in [0, 0.05) is 0 Å². The van der Waals surface area contributed by atoms with E-state index in [9.17, 15) is 0 Å². The first-order valence-corrected chi connectivity index (χ1v) is 5.47. The summed E-state index contributed by atoms with van der Waals surface area (Å²) in [7, 11) is 0. The van der Waals surface area contributed by atoms with Gasteiger partial charge in [-0.3, -0.25) is 0 Å². The summed E-state index contributed by atoms with van der Waals surface area (Å²) in [6.45, 7) is 11.5. The molecule has 2 heterocycles. The summed E-state index contributed by atoms with van der Waals surface area (Å²) in [5.74, 6) is 0. The van der Waals surface area contributed by atoms with Gasteiger partial charge in [0.05, 0.1) is 39.6 Å². The lowest BCUT2D eigenvalue weighted by Crippen LogP contribution is -2.00. The van der Waals surface area contributed by atoms with Gasteiger partial charge in [0.15, 0.2) is 0 Å². The summed E-state index contributed by atoms with van der Waals surface area (Å²) in [6.07, 6.45) is 4.25. The lowest BCUT2D eigenvalue weighted by Gasteiger charge is -1.92. The third-order valence-electron chi connectivity index (χ3n) is 1.88. The number of ether oxygens (including phenoxy) is 4. The van der Waals surface area contributed by atoms with Crippen molar-refractivity contribution in [1.29, 1.82) is 0 Å². The van der Waals surface area contributed by atoms with Gasteiger partial charge in [-0.05, 0) is 0 Å². The second kappa shape index (κ2) is 10.4. The number of hydrogen-bond acceptors (Lipinski definition) is 4. The highest BCUT2D eigenvalue weighted by atomic mass is 16.6. The van der Waals surface area contributed by atoms with Crippen molar-refractivity contribution in [1.82, 2.24) is 0 Å². The Hall–Kier alpha value is -0.720. The van der Waals surface area contributed by atoms with Crippen molar-refractivity contribution < 1.29 is 24.4 Å². The summed E-state index contributed by atoms with van der Waals surface area (Å²) >= 11 is 0. The molecule has 0 aromatic carbocycles. The van der Waals surface area contributed by atoms with Gasteiger partial charge in [-0.1, -0.05) is 12.2 Å². The fourth-order valence-electron chi connectivity index (χ4n) is 0.894. The molecule has 2 aliphatic rings. The van der Waals surface area contributed by atoms with Crippen molar-refractivity contribution in [3.63, 3.8) is 0 Å².